The Labute approximate surface area is 199 Å². The summed E-state index contributed by atoms with van der Waals surface area (Å²) in [5, 5.41) is 59.4. The van der Waals surface area contributed by atoms with Gasteiger partial charge in [-0.05, 0) is 6.92 Å². The van der Waals surface area contributed by atoms with Crippen molar-refractivity contribution in [3.63, 3.8) is 0 Å². The fraction of sp³-hybridized carbons (Fsp3) is 0.733. The number of nitrogens with one attached hydrogen (secondary N) is 1. The van der Waals surface area contributed by atoms with E-state index in [0.717, 1.165) is 12.3 Å². The van der Waals surface area contributed by atoms with Gasteiger partial charge in [0.2, 0.25) is 0 Å². The minimum absolute atomic E-state index is 0.634. The summed E-state index contributed by atoms with van der Waals surface area (Å²) in [5.41, 5.74) is -1.85. The highest BCUT2D eigenvalue weighted by molar-refractivity contribution is 7.61. The van der Waals surface area contributed by atoms with Gasteiger partial charge in [0.25, 0.3) is 5.56 Å². The normalized spacial score (nSPS) is 37.8. The number of nitrogens with zero attached hydrogens (tertiary/aromatic N) is 1. The van der Waals surface area contributed by atoms with E-state index in [2.05, 4.69) is 13.4 Å². The van der Waals surface area contributed by atoms with Crippen LogP contribution in [0.15, 0.2) is 21.9 Å². The van der Waals surface area contributed by atoms with Crippen molar-refractivity contribution in [2.45, 2.75) is 68.5 Å². The van der Waals surface area contributed by atoms with Crippen LogP contribution in [0.5, 0.6) is 0 Å². The molecule has 0 radical (unpaired) electrons. The number of rotatable bonds is 9. The highest BCUT2D eigenvalue weighted by Crippen LogP contribution is 2.62. The predicted octanol–water partition coefficient (Wildman–Crippen LogP) is -4.45. The van der Waals surface area contributed by atoms with E-state index in [4.69, 9.17) is 9.47 Å². The molecule has 0 amide bonds. The summed E-state index contributed by atoms with van der Waals surface area (Å²) in [6, 6.07) is 0.881. The quantitative estimate of drug-likeness (QED) is 0.101. The Morgan fingerprint density at radius 2 is 1.58 bits per heavy atom. The summed E-state index contributed by atoms with van der Waals surface area (Å²) in [6.07, 6.45) is -18.0. The second-order valence-electron chi connectivity index (χ2n) is 7.80. The summed E-state index contributed by atoms with van der Waals surface area (Å²) in [5.74, 6) is 0. The van der Waals surface area contributed by atoms with E-state index in [1.807, 2.05) is 4.98 Å². The Balaban J connectivity index is 1.65. The SMILES string of the molecule is C[C@@H](O)[C@@H]1O[C@@H](OP(=O)(O)OP(=O)(O)OC(O)[C@H]2O[C@@H](n3ccc(=O)[nH]c3=O)[C@H](O)[C@@H]2O)[C@H](O)[C@H]1O. The number of phosphoric acid groups is 2. The Hall–Kier alpha value is -1.38. The molecule has 36 heavy (non-hydrogen) atoms. The minimum atomic E-state index is -5.73. The average molecular weight is 566 g/mol. The number of hydrogen-bond acceptors (Lipinski definition) is 15. The molecule has 21 heteroatoms. The molecule has 2 aliphatic rings. The lowest BCUT2D eigenvalue weighted by Gasteiger charge is -2.24. The number of ether oxygens (including phenoxy) is 2. The summed E-state index contributed by atoms with van der Waals surface area (Å²) in [4.78, 5) is 44.5. The molecule has 3 rings (SSSR count). The lowest BCUT2D eigenvalue weighted by atomic mass is 10.1. The molecule has 0 spiro atoms. The van der Waals surface area contributed by atoms with Gasteiger partial charge < -0.3 is 49.9 Å². The first-order valence-electron chi connectivity index (χ1n) is 9.97. The molecule has 206 valence electrons. The number of aliphatic hydroxyl groups excluding tert-OH is 6. The van der Waals surface area contributed by atoms with Crippen molar-refractivity contribution in [1.82, 2.24) is 9.55 Å². The molecular weight excluding hydrogens is 542 g/mol. The third kappa shape index (κ3) is 6.36. The molecule has 2 saturated heterocycles. The molecule has 0 aromatic carbocycles. The van der Waals surface area contributed by atoms with Crippen LogP contribution in [0, 0.1) is 0 Å². The van der Waals surface area contributed by atoms with E-state index in [1.54, 1.807) is 0 Å². The van der Waals surface area contributed by atoms with Crippen LogP contribution >= 0.6 is 15.6 Å². The Morgan fingerprint density at radius 3 is 2.14 bits per heavy atom. The standard InChI is InChI=1S/C15H24N2O17P2/c1-4(18)10-7(21)9(23)14(31-10)33-36(28,29)34-35(26,27)32-13(24)11-6(20)8(22)12(30-11)17-3-2-5(19)16-15(17)25/h2-4,6-14,18,20-24H,1H3,(H,26,27)(H,28,29)(H,16,19,25)/t4-,6+,7-,8-,9-,10+,11+,12-,13?,14+/m1/s1. The zero-order chi connectivity index (χ0) is 27.2. The summed E-state index contributed by atoms with van der Waals surface area (Å²) in [6.45, 7) is 1.17. The van der Waals surface area contributed by atoms with E-state index in [9.17, 15) is 59.1 Å². The molecule has 1 aromatic rings. The van der Waals surface area contributed by atoms with Crippen molar-refractivity contribution < 1.29 is 72.4 Å². The molecule has 2 aliphatic heterocycles. The largest absolute Gasteiger partial charge is 0.483 e. The molecular formula is C15H24N2O17P2. The summed E-state index contributed by atoms with van der Waals surface area (Å²) in [7, 11) is -11.4. The predicted molar refractivity (Wildman–Crippen MR) is 109 cm³/mol. The average Bonchev–Trinajstić information content (AvgIpc) is 3.17. The molecule has 2 fully saturated rings. The number of aliphatic hydroxyl groups is 6. The van der Waals surface area contributed by atoms with Crippen LogP contribution in [0.4, 0.5) is 0 Å². The molecule has 0 saturated carbocycles. The van der Waals surface area contributed by atoms with Crippen LogP contribution in [0.3, 0.4) is 0 Å². The number of phosphoric ester groups is 2. The Morgan fingerprint density at radius 1 is 0.972 bits per heavy atom. The van der Waals surface area contributed by atoms with Crippen LogP contribution < -0.4 is 11.2 Å². The van der Waals surface area contributed by atoms with Gasteiger partial charge in [0, 0.05) is 12.3 Å². The number of hydrogen-bond donors (Lipinski definition) is 9. The highest BCUT2D eigenvalue weighted by Gasteiger charge is 2.52. The number of aromatic amines is 1. The van der Waals surface area contributed by atoms with Gasteiger partial charge >= 0.3 is 21.3 Å². The number of H-pyrrole nitrogens is 1. The molecule has 12 atom stereocenters. The van der Waals surface area contributed by atoms with Crippen molar-refractivity contribution >= 4 is 15.6 Å². The first-order valence-corrected chi connectivity index (χ1v) is 13.0. The minimum Gasteiger partial charge on any atom is -0.391 e. The molecule has 0 bridgehead atoms. The molecule has 3 heterocycles. The molecule has 9 N–H and O–H groups in total. The van der Waals surface area contributed by atoms with Crippen LogP contribution in [-0.2, 0) is 32.0 Å². The van der Waals surface area contributed by atoms with E-state index >= 15 is 0 Å². The topological polar surface area (TPSA) is 297 Å². The Bertz CT molecular complexity index is 1140. The maximum Gasteiger partial charge on any atom is 0.483 e. The van der Waals surface area contributed by atoms with Gasteiger partial charge in [0.05, 0.1) is 6.10 Å². The van der Waals surface area contributed by atoms with Gasteiger partial charge in [0.15, 0.2) is 18.8 Å². The third-order valence-corrected chi connectivity index (χ3v) is 7.71. The zero-order valence-corrected chi connectivity index (χ0v) is 19.8. The van der Waals surface area contributed by atoms with E-state index < -0.39 is 88.4 Å². The fourth-order valence-electron chi connectivity index (χ4n) is 3.43. The maximum atomic E-state index is 12.2. The third-order valence-electron chi connectivity index (χ3n) is 5.10. The molecule has 19 nitrogen and oxygen atoms in total. The maximum absolute atomic E-state index is 12.2. The molecule has 3 unspecified atom stereocenters. The molecule has 1 aromatic heterocycles. The lowest BCUT2D eigenvalue weighted by molar-refractivity contribution is -0.162. The molecule has 0 aliphatic carbocycles. The van der Waals surface area contributed by atoms with Crippen molar-refractivity contribution in [3.05, 3.63) is 33.1 Å². The highest BCUT2D eigenvalue weighted by atomic mass is 31.3. The van der Waals surface area contributed by atoms with Gasteiger partial charge in [-0.2, -0.15) is 4.31 Å². The summed E-state index contributed by atoms with van der Waals surface area (Å²) < 4.78 is 47.6. The summed E-state index contributed by atoms with van der Waals surface area (Å²) >= 11 is 0. The van der Waals surface area contributed by atoms with Crippen LogP contribution in [-0.4, -0.2) is 105 Å². The smallest absolute Gasteiger partial charge is 0.391 e. The zero-order valence-electron chi connectivity index (χ0n) is 18.0. The van der Waals surface area contributed by atoms with E-state index in [1.165, 1.54) is 6.92 Å². The Kier molecular flexibility index (Phi) is 8.73. The van der Waals surface area contributed by atoms with E-state index in [-0.39, 0.29) is 0 Å². The van der Waals surface area contributed by atoms with Gasteiger partial charge in [0.1, 0.15) is 36.6 Å². The fourth-order valence-corrected chi connectivity index (χ4v) is 5.61. The second kappa shape index (κ2) is 10.8. The number of aromatic nitrogens is 2. The van der Waals surface area contributed by atoms with Crippen molar-refractivity contribution in [1.29, 1.82) is 0 Å². The first-order chi connectivity index (χ1) is 16.5. The van der Waals surface area contributed by atoms with Gasteiger partial charge in [-0.3, -0.25) is 23.4 Å². The van der Waals surface area contributed by atoms with Crippen molar-refractivity contribution in [2.24, 2.45) is 0 Å². The van der Waals surface area contributed by atoms with Crippen molar-refractivity contribution in [2.75, 3.05) is 0 Å². The van der Waals surface area contributed by atoms with Crippen LogP contribution in [0.1, 0.15) is 13.2 Å². The van der Waals surface area contributed by atoms with Gasteiger partial charge in [-0.1, -0.05) is 0 Å². The lowest BCUT2D eigenvalue weighted by Crippen LogP contribution is -2.40. The monoisotopic (exact) mass is 566 g/mol. The second-order valence-corrected chi connectivity index (χ2v) is 10.7. The first kappa shape index (κ1) is 29.2. The van der Waals surface area contributed by atoms with Gasteiger partial charge in [-0.15, -0.1) is 0 Å². The van der Waals surface area contributed by atoms with Crippen LogP contribution in [0.2, 0.25) is 0 Å². The van der Waals surface area contributed by atoms with Gasteiger partial charge in [-0.25, -0.2) is 13.9 Å². The van der Waals surface area contributed by atoms with Crippen molar-refractivity contribution in [3.8, 4) is 0 Å². The van der Waals surface area contributed by atoms with E-state index in [0.29, 0.717) is 4.57 Å². The van der Waals surface area contributed by atoms with Crippen LogP contribution in [0.25, 0.3) is 0 Å².